The van der Waals surface area contributed by atoms with E-state index in [1.165, 1.54) is 18.3 Å². The Morgan fingerprint density at radius 1 is 1.25 bits per heavy atom. The molecule has 1 aromatic carbocycles. The summed E-state index contributed by atoms with van der Waals surface area (Å²) in [5, 5.41) is 0.612. The number of aryl methyl sites for hydroxylation is 1. The van der Waals surface area contributed by atoms with Crippen LogP contribution in [0.4, 0.5) is 13.2 Å². The van der Waals surface area contributed by atoms with Crippen molar-refractivity contribution in [3.8, 4) is 17.0 Å². The number of hydrogen-bond acceptors (Lipinski definition) is 4. The summed E-state index contributed by atoms with van der Waals surface area (Å²) in [4.78, 5) is 8.16. The minimum atomic E-state index is -4.76. The molecule has 0 aliphatic carbocycles. The quantitative estimate of drug-likeness (QED) is 0.561. The molecule has 0 bridgehead atoms. The fraction of sp³-hybridized carbons (Fsp3) is 0.250. The minimum absolute atomic E-state index is 0.506. The smallest absolute Gasteiger partial charge is 0.441 e. The Morgan fingerprint density at radius 3 is 2.62 bits per heavy atom. The molecule has 0 aliphatic heterocycles. The third-order valence-electron chi connectivity index (χ3n) is 3.32. The average Bonchev–Trinajstić information content (AvgIpc) is 2.96. The number of rotatable bonds is 4. The molecule has 0 saturated carbocycles. The van der Waals surface area contributed by atoms with Crippen molar-refractivity contribution in [2.24, 2.45) is 0 Å². The lowest BCUT2D eigenvalue weighted by Gasteiger charge is -2.09. The van der Waals surface area contributed by atoms with Gasteiger partial charge in [-0.3, -0.25) is 0 Å². The highest BCUT2D eigenvalue weighted by molar-refractivity contribution is 9.08. The number of oxazole rings is 1. The Morgan fingerprint density at radius 2 is 2.04 bits per heavy atom. The van der Waals surface area contributed by atoms with E-state index < -0.39 is 12.2 Å². The molecule has 0 aliphatic rings. The van der Waals surface area contributed by atoms with E-state index in [0.717, 1.165) is 11.1 Å². The summed E-state index contributed by atoms with van der Waals surface area (Å²) >= 11 is 3.40. The summed E-state index contributed by atoms with van der Waals surface area (Å²) in [6.45, 7) is 1.93. The summed E-state index contributed by atoms with van der Waals surface area (Å²) in [7, 11) is 0. The molecule has 3 rings (SSSR count). The number of nitrogens with zero attached hydrogens (tertiary/aromatic N) is 2. The van der Waals surface area contributed by atoms with Crippen LogP contribution in [0.1, 0.15) is 18.4 Å². The fourth-order valence-corrected chi connectivity index (χ4v) is 2.62. The van der Waals surface area contributed by atoms with Gasteiger partial charge < -0.3 is 9.15 Å². The second-order valence-corrected chi connectivity index (χ2v) is 5.58. The number of fused-ring (bicyclic) bond motifs is 1. The van der Waals surface area contributed by atoms with Crippen molar-refractivity contribution in [1.29, 1.82) is 0 Å². The molecule has 4 nitrogen and oxygen atoms in total. The van der Waals surface area contributed by atoms with E-state index in [2.05, 4.69) is 30.6 Å². The lowest BCUT2D eigenvalue weighted by Crippen LogP contribution is -2.17. The number of ether oxygens (including phenoxy) is 1. The SMILES string of the molecule is CCc1nc2c(-c3ccc(OC(F)(F)F)nc3)cc(CBr)cc2o1. The van der Waals surface area contributed by atoms with Crippen LogP contribution in [-0.4, -0.2) is 16.3 Å². The zero-order valence-electron chi connectivity index (χ0n) is 12.5. The Balaban J connectivity index is 2.06. The summed E-state index contributed by atoms with van der Waals surface area (Å²) in [6.07, 6.45) is -2.79. The van der Waals surface area contributed by atoms with E-state index in [1.807, 2.05) is 19.1 Å². The van der Waals surface area contributed by atoms with Gasteiger partial charge in [0.15, 0.2) is 11.5 Å². The van der Waals surface area contributed by atoms with Crippen molar-refractivity contribution in [3.63, 3.8) is 0 Å². The highest BCUT2D eigenvalue weighted by Crippen LogP contribution is 2.32. The Bertz CT molecular complexity index is 860. The maximum Gasteiger partial charge on any atom is 0.574 e. The van der Waals surface area contributed by atoms with Crippen LogP contribution in [0.3, 0.4) is 0 Å². The molecule has 2 heterocycles. The van der Waals surface area contributed by atoms with E-state index >= 15 is 0 Å². The maximum atomic E-state index is 12.2. The lowest BCUT2D eigenvalue weighted by molar-refractivity contribution is -0.276. The number of hydrogen-bond donors (Lipinski definition) is 0. The van der Waals surface area contributed by atoms with E-state index in [1.54, 1.807) is 0 Å². The molecule has 0 saturated heterocycles. The normalized spacial score (nSPS) is 11.9. The highest BCUT2D eigenvalue weighted by atomic mass is 79.9. The molecule has 0 spiro atoms. The van der Waals surface area contributed by atoms with Gasteiger partial charge >= 0.3 is 6.36 Å². The first-order valence-electron chi connectivity index (χ1n) is 7.10. The van der Waals surface area contributed by atoms with Gasteiger partial charge in [-0.1, -0.05) is 22.9 Å². The van der Waals surface area contributed by atoms with Crippen molar-refractivity contribution >= 4 is 27.0 Å². The highest BCUT2D eigenvalue weighted by Gasteiger charge is 2.31. The van der Waals surface area contributed by atoms with Crippen LogP contribution in [-0.2, 0) is 11.8 Å². The second-order valence-electron chi connectivity index (χ2n) is 5.02. The molecule has 0 fully saturated rings. The maximum absolute atomic E-state index is 12.2. The second kappa shape index (κ2) is 6.43. The number of alkyl halides is 4. The third kappa shape index (κ3) is 3.53. The molecule has 3 aromatic rings. The van der Waals surface area contributed by atoms with Crippen LogP contribution >= 0.6 is 15.9 Å². The van der Waals surface area contributed by atoms with Gasteiger partial charge in [-0.05, 0) is 23.8 Å². The van der Waals surface area contributed by atoms with E-state index in [0.29, 0.717) is 34.3 Å². The van der Waals surface area contributed by atoms with Crippen molar-refractivity contribution in [2.75, 3.05) is 0 Å². The van der Waals surface area contributed by atoms with Crippen LogP contribution in [0.25, 0.3) is 22.2 Å². The Labute approximate surface area is 143 Å². The van der Waals surface area contributed by atoms with Gasteiger partial charge in [0.05, 0.1) is 0 Å². The number of halogens is 4. The molecule has 2 aromatic heterocycles. The largest absolute Gasteiger partial charge is 0.574 e. The van der Waals surface area contributed by atoms with Gasteiger partial charge in [-0.2, -0.15) is 0 Å². The average molecular weight is 401 g/mol. The molecule has 8 heteroatoms. The van der Waals surface area contributed by atoms with Gasteiger partial charge in [0.2, 0.25) is 5.88 Å². The van der Waals surface area contributed by atoms with E-state index in [9.17, 15) is 13.2 Å². The first-order valence-corrected chi connectivity index (χ1v) is 8.22. The van der Waals surface area contributed by atoms with Crippen molar-refractivity contribution in [1.82, 2.24) is 9.97 Å². The van der Waals surface area contributed by atoms with Crippen LogP contribution in [0, 0.1) is 0 Å². The Hall–Kier alpha value is -2.09. The third-order valence-corrected chi connectivity index (χ3v) is 3.97. The van der Waals surface area contributed by atoms with Gasteiger partial charge in [-0.15, -0.1) is 13.2 Å². The van der Waals surface area contributed by atoms with Crippen molar-refractivity contribution in [2.45, 2.75) is 25.0 Å². The van der Waals surface area contributed by atoms with Crippen LogP contribution in [0.2, 0.25) is 0 Å². The molecule has 126 valence electrons. The molecule has 0 atom stereocenters. The monoisotopic (exact) mass is 400 g/mol. The zero-order valence-corrected chi connectivity index (χ0v) is 14.1. The summed E-state index contributed by atoms with van der Waals surface area (Å²) < 4.78 is 46.2. The molecular weight excluding hydrogens is 389 g/mol. The first-order chi connectivity index (χ1) is 11.4. The molecule has 0 amide bonds. The number of pyridine rings is 1. The predicted octanol–water partition coefficient (Wildman–Crippen LogP) is 5.25. The van der Waals surface area contributed by atoms with Crippen LogP contribution in [0.15, 0.2) is 34.9 Å². The fourth-order valence-electron chi connectivity index (χ4n) is 2.30. The molecule has 0 N–H and O–H groups in total. The van der Waals surface area contributed by atoms with Crippen LogP contribution in [0.5, 0.6) is 5.88 Å². The van der Waals surface area contributed by atoms with Crippen molar-refractivity contribution in [3.05, 3.63) is 41.9 Å². The minimum Gasteiger partial charge on any atom is -0.441 e. The standard InChI is InChI=1S/C16H12BrF3N2O2/c1-2-13-22-15-11(5-9(7-17)6-12(15)23-13)10-3-4-14(21-8-10)24-16(18,19)20/h3-6,8H,2,7H2,1H3. The number of benzene rings is 1. The predicted molar refractivity (Wildman–Crippen MR) is 85.9 cm³/mol. The first kappa shape index (κ1) is 16.8. The van der Waals surface area contributed by atoms with Gasteiger partial charge in [0.1, 0.15) is 5.52 Å². The van der Waals surface area contributed by atoms with Gasteiger partial charge in [0.25, 0.3) is 0 Å². The number of aromatic nitrogens is 2. The summed E-state index contributed by atoms with van der Waals surface area (Å²) in [5.41, 5.74) is 3.63. The molecule has 0 radical (unpaired) electrons. The topological polar surface area (TPSA) is 48.2 Å². The van der Waals surface area contributed by atoms with Gasteiger partial charge in [0, 0.05) is 35.1 Å². The van der Waals surface area contributed by atoms with Crippen LogP contribution < -0.4 is 4.74 Å². The van der Waals surface area contributed by atoms with E-state index in [-0.39, 0.29) is 0 Å². The van der Waals surface area contributed by atoms with E-state index in [4.69, 9.17) is 4.42 Å². The van der Waals surface area contributed by atoms with Gasteiger partial charge in [-0.25, -0.2) is 9.97 Å². The summed E-state index contributed by atoms with van der Waals surface area (Å²) in [6, 6.07) is 6.48. The van der Waals surface area contributed by atoms with Crippen molar-refractivity contribution < 1.29 is 22.3 Å². The molecule has 24 heavy (non-hydrogen) atoms. The lowest BCUT2D eigenvalue weighted by atomic mass is 10.0. The molecular formula is C16H12BrF3N2O2. The summed E-state index contributed by atoms with van der Waals surface area (Å²) in [5.74, 6) is 0.0940. The zero-order chi connectivity index (χ0) is 17.3. The Kier molecular flexibility index (Phi) is 4.49. The molecule has 0 unspecified atom stereocenters.